The van der Waals surface area contributed by atoms with E-state index < -0.39 is 11.5 Å². The summed E-state index contributed by atoms with van der Waals surface area (Å²) in [5.41, 5.74) is 0. The maximum absolute atomic E-state index is 12.0. The van der Waals surface area contributed by atoms with Gasteiger partial charge < -0.3 is 0 Å². The lowest BCUT2D eigenvalue weighted by molar-refractivity contribution is -0.507. The van der Waals surface area contributed by atoms with Crippen molar-refractivity contribution < 1.29 is 11.7 Å². The van der Waals surface area contributed by atoms with E-state index in [9.17, 15) is 7.77 Å². The van der Waals surface area contributed by atoms with Crippen LogP contribution in [0.4, 0.5) is 7.77 Å². The zero-order valence-corrected chi connectivity index (χ0v) is 7.26. The lowest BCUT2D eigenvalue weighted by Gasteiger charge is -1.95. The molecule has 0 aliphatic rings. The predicted octanol–water partition coefficient (Wildman–Crippen LogP) is 2.39. The highest BCUT2D eigenvalue weighted by Gasteiger charge is 2.08. The highest BCUT2D eigenvalue weighted by molar-refractivity contribution is 7.74. The lowest BCUT2D eigenvalue weighted by atomic mass is 10.4. The molecule has 0 fully saturated rings. The topological polar surface area (TPSA) is 3.01 Å². The van der Waals surface area contributed by atoms with Gasteiger partial charge in [0.15, 0.2) is 13.1 Å². The monoisotopic (exact) mass is 170 g/mol. The standard InChI is InChI=1S/C6H14F2NS/c1-3-5-9(6-4-2)10(7)8/h3-6H2,1-2H3/q+1. The molecule has 0 aliphatic heterocycles. The van der Waals surface area contributed by atoms with Crippen LogP contribution in [-0.4, -0.2) is 17.0 Å². The fourth-order valence-electron chi connectivity index (χ4n) is 0.749. The fraction of sp³-hybridized carbons (Fsp3) is 1.00. The van der Waals surface area contributed by atoms with E-state index in [1.165, 1.54) is 3.95 Å². The number of hydrogen-bond donors (Lipinski definition) is 0. The minimum absolute atomic E-state index is 0.518. The molecule has 0 spiro atoms. The Morgan fingerprint density at radius 3 is 1.70 bits per heavy atom. The Bertz CT molecular complexity index is 113. The predicted molar refractivity (Wildman–Crippen MR) is 40.2 cm³/mol. The van der Waals surface area contributed by atoms with Gasteiger partial charge in [0, 0.05) is 12.8 Å². The van der Waals surface area contributed by atoms with E-state index in [4.69, 9.17) is 0 Å². The molecule has 4 heteroatoms. The molecule has 0 aromatic rings. The van der Waals surface area contributed by atoms with Crippen LogP contribution in [0.25, 0.3) is 0 Å². The maximum Gasteiger partial charge on any atom is 0.423 e. The Labute approximate surface area is 63.7 Å². The fourth-order valence-corrected chi connectivity index (χ4v) is 1.39. The summed E-state index contributed by atoms with van der Waals surface area (Å²) in [7, 11) is 0. The first kappa shape index (κ1) is 10.0. The Balaban J connectivity index is 3.86. The van der Waals surface area contributed by atoms with Gasteiger partial charge in [0.2, 0.25) is 0 Å². The van der Waals surface area contributed by atoms with Gasteiger partial charge in [0.25, 0.3) is 0 Å². The third-order valence-corrected chi connectivity index (χ3v) is 1.90. The van der Waals surface area contributed by atoms with Crippen molar-refractivity contribution in [1.82, 2.24) is 0 Å². The van der Waals surface area contributed by atoms with E-state index in [2.05, 4.69) is 0 Å². The third-order valence-electron chi connectivity index (χ3n) is 1.14. The largest absolute Gasteiger partial charge is 0.423 e. The van der Waals surface area contributed by atoms with Crippen molar-refractivity contribution in [1.29, 1.82) is 0 Å². The first-order valence-electron chi connectivity index (χ1n) is 3.54. The first-order valence-corrected chi connectivity index (χ1v) is 4.52. The minimum atomic E-state index is -2.52. The van der Waals surface area contributed by atoms with Crippen molar-refractivity contribution in [3.63, 3.8) is 0 Å². The molecule has 0 rings (SSSR count). The van der Waals surface area contributed by atoms with E-state index in [1.54, 1.807) is 0 Å². The van der Waals surface area contributed by atoms with Crippen molar-refractivity contribution in [2.45, 2.75) is 26.7 Å². The van der Waals surface area contributed by atoms with Gasteiger partial charge in [-0.05, 0) is 0 Å². The molecule has 0 aliphatic carbocycles. The number of hydrogen-bond acceptors (Lipinski definition) is 0. The molecule has 0 saturated carbocycles. The molecule has 10 heavy (non-hydrogen) atoms. The molecule has 62 valence electrons. The van der Waals surface area contributed by atoms with E-state index >= 15 is 0 Å². The summed E-state index contributed by atoms with van der Waals surface area (Å²) in [6.45, 7) is 4.86. The van der Waals surface area contributed by atoms with Crippen molar-refractivity contribution in [2.75, 3.05) is 13.1 Å². The maximum atomic E-state index is 12.0. The number of rotatable bonds is 4. The van der Waals surface area contributed by atoms with Crippen LogP contribution in [0.15, 0.2) is 0 Å². The second kappa shape index (κ2) is 5.77. The van der Waals surface area contributed by atoms with Crippen LogP contribution < -0.4 is 0 Å². The van der Waals surface area contributed by atoms with E-state index in [-0.39, 0.29) is 0 Å². The molecule has 0 aromatic carbocycles. The SMILES string of the molecule is CCC[N+](CCC)=S(F)F. The van der Waals surface area contributed by atoms with E-state index in [0.717, 1.165) is 12.8 Å². The zero-order valence-electron chi connectivity index (χ0n) is 6.44. The Kier molecular flexibility index (Phi) is 5.78. The van der Waals surface area contributed by atoms with Gasteiger partial charge in [-0.15, -0.1) is 0 Å². The lowest BCUT2D eigenvalue weighted by Crippen LogP contribution is -2.14. The summed E-state index contributed by atoms with van der Waals surface area (Å²) < 4.78 is 25.3. The second-order valence-electron chi connectivity index (χ2n) is 2.13. The molecule has 0 atom stereocenters. The molecule has 1 nitrogen and oxygen atoms in total. The summed E-state index contributed by atoms with van der Waals surface area (Å²) in [6.07, 6.45) is 1.61. The van der Waals surface area contributed by atoms with Gasteiger partial charge in [0.1, 0.15) is 0 Å². The molecule has 0 heterocycles. The molecule has 0 radical (unpaired) electrons. The molecule has 0 amide bonds. The highest BCUT2D eigenvalue weighted by atomic mass is 32.2. The summed E-state index contributed by atoms with van der Waals surface area (Å²) in [4.78, 5) is 0. The number of nitrogens with zero attached hydrogens (tertiary/aromatic N) is 1. The molecule has 0 bridgehead atoms. The Hall–Kier alpha value is 0.01000. The van der Waals surface area contributed by atoms with Gasteiger partial charge in [0.05, 0.1) is 0 Å². The quantitative estimate of drug-likeness (QED) is 0.570. The average Bonchev–Trinajstić information content (AvgIpc) is 1.87. The van der Waals surface area contributed by atoms with E-state index in [0.29, 0.717) is 13.1 Å². The Morgan fingerprint density at radius 2 is 1.50 bits per heavy atom. The van der Waals surface area contributed by atoms with Crippen molar-refractivity contribution in [3.8, 4) is 0 Å². The van der Waals surface area contributed by atoms with Crippen LogP contribution in [0.5, 0.6) is 0 Å². The van der Waals surface area contributed by atoms with Gasteiger partial charge >= 0.3 is 11.5 Å². The summed E-state index contributed by atoms with van der Waals surface area (Å²) >= 11 is -2.52. The van der Waals surface area contributed by atoms with Crippen LogP contribution in [0.2, 0.25) is 0 Å². The smallest absolute Gasteiger partial charge is 0.154 e. The van der Waals surface area contributed by atoms with Gasteiger partial charge in [-0.1, -0.05) is 21.6 Å². The molecule has 0 aromatic heterocycles. The molecule has 0 unspecified atom stereocenters. The van der Waals surface area contributed by atoms with Gasteiger partial charge in [-0.2, -0.15) is 3.95 Å². The van der Waals surface area contributed by atoms with Crippen molar-refractivity contribution in [2.24, 2.45) is 0 Å². The van der Waals surface area contributed by atoms with Gasteiger partial charge in [-0.3, -0.25) is 0 Å². The Morgan fingerprint density at radius 1 is 1.10 bits per heavy atom. The summed E-state index contributed by atoms with van der Waals surface area (Å²) in [5.74, 6) is 0. The normalized spacial score (nSPS) is 10.5. The number of halogens is 2. The van der Waals surface area contributed by atoms with Crippen LogP contribution in [-0.2, 0) is 11.5 Å². The van der Waals surface area contributed by atoms with Gasteiger partial charge in [-0.25, -0.2) is 0 Å². The highest BCUT2D eigenvalue weighted by Crippen LogP contribution is 1.95. The van der Waals surface area contributed by atoms with Crippen LogP contribution in [0.3, 0.4) is 0 Å². The van der Waals surface area contributed by atoms with Crippen molar-refractivity contribution >= 4 is 11.5 Å². The minimum Gasteiger partial charge on any atom is -0.154 e. The van der Waals surface area contributed by atoms with Crippen molar-refractivity contribution in [3.05, 3.63) is 0 Å². The molecule has 0 saturated heterocycles. The zero-order chi connectivity index (χ0) is 7.98. The second-order valence-corrected chi connectivity index (χ2v) is 3.03. The molecular formula is C6H14F2NS+. The van der Waals surface area contributed by atoms with Crippen LogP contribution in [0, 0.1) is 0 Å². The first-order chi connectivity index (χ1) is 4.72. The van der Waals surface area contributed by atoms with Crippen LogP contribution in [0.1, 0.15) is 26.7 Å². The third kappa shape index (κ3) is 3.93. The van der Waals surface area contributed by atoms with E-state index in [1.807, 2.05) is 13.8 Å². The molecule has 0 N–H and O–H groups in total. The van der Waals surface area contributed by atoms with Crippen LogP contribution >= 0.6 is 0 Å². The summed E-state index contributed by atoms with van der Waals surface area (Å²) in [6, 6.07) is 0. The average molecular weight is 170 g/mol. The summed E-state index contributed by atoms with van der Waals surface area (Å²) in [5, 5.41) is 0. The molecular weight excluding hydrogens is 156 g/mol.